The van der Waals surface area contributed by atoms with E-state index in [4.69, 9.17) is 14.2 Å². The van der Waals surface area contributed by atoms with Gasteiger partial charge in [0.1, 0.15) is 12.4 Å². The molecule has 3 rings (SSSR count). The van der Waals surface area contributed by atoms with Gasteiger partial charge in [-0.15, -0.1) is 0 Å². The molecule has 0 aliphatic carbocycles. The Morgan fingerprint density at radius 1 is 1.03 bits per heavy atom. The third kappa shape index (κ3) is 8.99. The molecule has 31 heavy (non-hydrogen) atoms. The summed E-state index contributed by atoms with van der Waals surface area (Å²) in [4.78, 5) is 4.28. The zero-order valence-electron chi connectivity index (χ0n) is 18.5. The normalized spacial score (nSPS) is 16.3. The lowest BCUT2D eigenvalue weighted by Crippen LogP contribution is -2.39. The Morgan fingerprint density at radius 3 is 2.58 bits per heavy atom. The van der Waals surface area contributed by atoms with Crippen LogP contribution in [-0.2, 0) is 22.5 Å². The van der Waals surface area contributed by atoms with Gasteiger partial charge in [0, 0.05) is 39.3 Å². The van der Waals surface area contributed by atoms with E-state index < -0.39 is 0 Å². The van der Waals surface area contributed by atoms with Crippen molar-refractivity contribution in [1.82, 2.24) is 10.6 Å². The molecule has 1 unspecified atom stereocenters. The first-order valence-electron chi connectivity index (χ1n) is 11.2. The summed E-state index contributed by atoms with van der Waals surface area (Å²) in [5.74, 6) is 2.29. The van der Waals surface area contributed by atoms with Gasteiger partial charge in [0.25, 0.3) is 0 Å². The van der Waals surface area contributed by atoms with Crippen molar-refractivity contribution in [1.29, 1.82) is 0 Å². The molecule has 1 aliphatic rings. The van der Waals surface area contributed by atoms with Gasteiger partial charge in [-0.25, -0.2) is 0 Å². The molecule has 2 N–H and O–H groups in total. The van der Waals surface area contributed by atoms with Crippen LogP contribution in [0.2, 0.25) is 0 Å². The third-order valence-electron chi connectivity index (χ3n) is 5.24. The zero-order valence-corrected chi connectivity index (χ0v) is 18.5. The fraction of sp³-hybridized carbons (Fsp3) is 0.480. The fourth-order valence-electron chi connectivity index (χ4n) is 3.38. The minimum Gasteiger partial charge on any atom is -0.489 e. The third-order valence-corrected chi connectivity index (χ3v) is 5.24. The summed E-state index contributed by atoms with van der Waals surface area (Å²) in [6.45, 7) is 5.55. The van der Waals surface area contributed by atoms with E-state index in [2.05, 4.69) is 39.9 Å². The second kappa shape index (κ2) is 13.7. The van der Waals surface area contributed by atoms with E-state index in [0.717, 1.165) is 70.5 Å². The van der Waals surface area contributed by atoms with Crippen molar-refractivity contribution in [2.24, 2.45) is 10.9 Å². The Balaban J connectivity index is 1.25. The molecule has 1 fully saturated rings. The first kappa shape index (κ1) is 23.1. The predicted molar refractivity (Wildman–Crippen MR) is 125 cm³/mol. The number of aliphatic imine (C=N–C) groups is 1. The second-order valence-electron chi connectivity index (χ2n) is 7.75. The summed E-state index contributed by atoms with van der Waals surface area (Å²) in [6.07, 6.45) is 3.00. The molecule has 6 heteroatoms. The summed E-state index contributed by atoms with van der Waals surface area (Å²) in [6, 6.07) is 18.5. The number of hydrogen-bond donors (Lipinski definition) is 2. The maximum Gasteiger partial charge on any atom is 0.190 e. The summed E-state index contributed by atoms with van der Waals surface area (Å²) in [5.41, 5.74) is 2.43. The quantitative estimate of drug-likeness (QED) is 0.310. The highest BCUT2D eigenvalue weighted by molar-refractivity contribution is 5.79. The van der Waals surface area contributed by atoms with Gasteiger partial charge in [0.15, 0.2) is 5.96 Å². The van der Waals surface area contributed by atoms with Gasteiger partial charge >= 0.3 is 0 Å². The highest BCUT2D eigenvalue weighted by Crippen LogP contribution is 2.14. The fourth-order valence-corrected chi connectivity index (χ4v) is 3.38. The molecule has 0 aromatic heterocycles. The highest BCUT2D eigenvalue weighted by atomic mass is 16.5. The van der Waals surface area contributed by atoms with E-state index >= 15 is 0 Å². The van der Waals surface area contributed by atoms with E-state index in [1.807, 2.05) is 30.3 Å². The minimum absolute atomic E-state index is 0.576. The molecule has 1 atom stereocenters. The first-order chi connectivity index (χ1) is 15.3. The molecular formula is C25H35N3O3. The molecule has 1 saturated heterocycles. The van der Waals surface area contributed by atoms with E-state index in [1.165, 1.54) is 11.1 Å². The largest absolute Gasteiger partial charge is 0.489 e. The smallest absolute Gasteiger partial charge is 0.190 e. The van der Waals surface area contributed by atoms with Gasteiger partial charge in [-0.1, -0.05) is 42.5 Å². The zero-order chi connectivity index (χ0) is 21.6. The van der Waals surface area contributed by atoms with E-state index in [-0.39, 0.29) is 0 Å². The topological polar surface area (TPSA) is 64.1 Å². The minimum atomic E-state index is 0.576. The second-order valence-corrected chi connectivity index (χ2v) is 7.75. The predicted octanol–water partition coefficient (Wildman–Crippen LogP) is 3.42. The van der Waals surface area contributed by atoms with Crippen LogP contribution in [0.3, 0.4) is 0 Å². The number of guanidine groups is 1. The van der Waals surface area contributed by atoms with E-state index in [0.29, 0.717) is 12.5 Å². The molecule has 6 nitrogen and oxygen atoms in total. The summed E-state index contributed by atoms with van der Waals surface area (Å²) in [5, 5.41) is 6.70. The van der Waals surface area contributed by atoms with Gasteiger partial charge in [-0.2, -0.15) is 0 Å². The van der Waals surface area contributed by atoms with Gasteiger partial charge in [0.2, 0.25) is 0 Å². The number of nitrogens with one attached hydrogen (secondary N) is 2. The molecule has 0 bridgehead atoms. The van der Waals surface area contributed by atoms with Crippen LogP contribution in [0.25, 0.3) is 0 Å². The van der Waals surface area contributed by atoms with Crippen LogP contribution in [0.5, 0.6) is 5.75 Å². The molecule has 0 radical (unpaired) electrons. The maximum atomic E-state index is 5.85. The Kier molecular flexibility index (Phi) is 10.2. The summed E-state index contributed by atoms with van der Waals surface area (Å²) < 4.78 is 16.9. The lowest BCUT2D eigenvalue weighted by Gasteiger charge is -2.13. The Bertz CT molecular complexity index is 759. The molecule has 168 valence electrons. The standard InChI is InChI=1S/C25H35N3O3/c1-26-25(27-14-5-16-29-18-23-13-17-30-19-23)28-15-12-21-8-10-24(11-9-21)31-20-22-6-3-2-4-7-22/h2-4,6-11,23H,5,12-20H2,1H3,(H2,26,27,28). The van der Waals surface area contributed by atoms with E-state index in [9.17, 15) is 0 Å². The Morgan fingerprint density at radius 2 is 1.84 bits per heavy atom. The molecule has 1 aliphatic heterocycles. The number of nitrogens with zero attached hydrogens (tertiary/aromatic N) is 1. The van der Waals surface area contributed by atoms with Crippen LogP contribution >= 0.6 is 0 Å². The number of benzene rings is 2. The SMILES string of the molecule is CN=C(NCCCOCC1CCOC1)NCCc1ccc(OCc2ccccc2)cc1. The molecule has 2 aromatic carbocycles. The van der Waals surface area contributed by atoms with Crippen molar-refractivity contribution in [2.75, 3.05) is 46.6 Å². The van der Waals surface area contributed by atoms with Crippen LogP contribution in [0.15, 0.2) is 59.6 Å². The van der Waals surface area contributed by atoms with Gasteiger partial charge in [-0.05, 0) is 42.5 Å². The lowest BCUT2D eigenvalue weighted by atomic mass is 10.1. The van der Waals surface area contributed by atoms with Crippen molar-refractivity contribution in [3.8, 4) is 5.75 Å². The van der Waals surface area contributed by atoms with Crippen molar-refractivity contribution >= 4 is 5.96 Å². The van der Waals surface area contributed by atoms with Crippen molar-refractivity contribution in [3.63, 3.8) is 0 Å². The number of hydrogen-bond acceptors (Lipinski definition) is 4. The van der Waals surface area contributed by atoms with Crippen LogP contribution in [0.4, 0.5) is 0 Å². The average Bonchev–Trinajstić information content (AvgIpc) is 3.34. The molecule has 0 saturated carbocycles. The Hall–Kier alpha value is -2.57. The maximum absolute atomic E-state index is 5.85. The summed E-state index contributed by atoms with van der Waals surface area (Å²) in [7, 11) is 1.80. The van der Waals surface area contributed by atoms with Crippen LogP contribution < -0.4 is 15.4 Å². The van der Waals surface area contributed by atoms with Crippen LogP contribution in [-0.4, -0.2) is 52.5 Å². The molecule has 1 heterocycles. The molecule has 0 amide bonds. The molecule has 0 spiro atoms. The first-order valence-corrected chi connectivity index (χ1v) is 11.2. The molecule has 2 aromatic rings. The van der Waals surface area contributed by atoms with Crippen molar-refractivity contribution in [3.05, 3.63) is 65.7 Å². The molecular weight excluding hydrogens is 390 g/mol. The number of rotatable bonds is 12. The van der Waals surface area contributed by atoms with Crippen molar-refractivity contribution < 1.29 is 14.2 Å². The summed E-state index contributed by atoms with van der Waals surface area (Å²) >= 11 is 0. The van der Waals surface area contributed by atoms with E-state index in [1.54, 1.807) is 7.05 Å². The van der Waals surface area contributed by atoms with Gasteiger partial charge in [-0.3, -0.25) is 4.99 Å². The van der Waals surface area contributed by atoms with Crippen molar-refractivity contribution in [2.45, 2.75) is 25.9 Å². The van der Waals surface area contributed by atoms with Crippen LogP contribution in [0.1, 0.15) is 24.0 Å². The highest BCUT2D eigenvalue weighted by Gasteiger charge is 2.15. The Labute approximate surface area is 186 Å². The van der Waals surface area contributed by atoms with Crippen LogP contribution in [0, 0.1) is 5.92 Å². The average molecular weight is 426 g/mol. The van der Waals surface area contributed by atoms with Gasteiger partial charge in [0.05, 0.1) is 13.2 Å². The lowest BCUT2D eigenvalue weighted by molar-refractivity contribution is 0.0888. The monoisotopic (exact) mass is 425 g/mol. The van der Waals surface area contributed by atoms with Gasteiger partial charge < -0.3 is 24.8 Å². The number of ether oxygens (including phenoxy) is 3.